The first-order valence-electron chi connectivity index (χ1n) is 10.1. The minimum atomic E-state index is -1.23. The van der Waals surface area contributed by atoms with E-state index in [1.165, 1.54) is 6.42 Å². The fourth-order valence-electron chi connectivity index (χ4n) is 6.50. The third kappa shape index (κ3) is 2.31. The fraction of sp³-hybridized carbons (Fsp3) is 0.773. The molecule has 4 aliphatic rings. The quantitative estimate of drug-likeness (QED) is 0.752. The molecule has 2 aliphatic heterocycles. The van der Waals surface area contributed by atoms with Gasteiger partial charge in [0.25, 0.3) is 0 Å². The number of fused-ring (bicyclic) bond motifs is 2. The van der Waals surface area contributed by atoms with Crippen molar-refractivity contribution in [2.75, 3.05) is 14.2 Å². The number of ketones is 1. The summed E-state index contributed by atoms with van der Waals surface area (Å²) in [6.07, 6.45) is 4.45. The molecule has 2 bridgehead atoms. The van der Waals surface area contributed by atoms with Crippen LogP contribution in [0.4, 0.5) is 0 Å². The van der Waals surface area contributed by atoms with E-state index >= 15 is 0 Å². The normalized spacial score (nSPS) is 36.9. The SMILES string of the molecule is COC1(OC)C(C(C)C)=C(O)C(=O)C2=C1[C@H]1C[C@H]3C(C)(C)CCC[C@]3(C2)O1. The lowest BCUT2D eigenvalue weighted by molar-refractivity contribution is -0.183. The van der Waals surface area contributed by atoms with Crippen molar-refractivity contribution < 1.29 is 24.1 Å². The summed E-state index contributed by atoms with van der Waals surface area (Å²) in [4.78, 5) is 13.2. The third-order valence-corrected chi connectivity index (χ3v) is 7.56. The Bertz CT molecular complexity index is 740. The maximum atomic E-state index is 13.2. The topological polar surface area (TPSA) is 65.0 Å². The van der Waals surface area contributed by atoms with Crippen molar-refractivity contribution in [2.45, 2.75) is 77.3 Å². The van der Waals surface area contributed by atoms with E-state index in [1.54, 1.807) is 14.2 Å². The zero-order valence-electron chi connectivity index (χ0n) is 17.3. The summed E-state index contributed by atoms with van der Waals surface area (Å²) < 4.78 is 18.5. The molecule has 1 N–H and O–H groups in total. The number of rotatable bonds is 3. The summed E-state index contributed by atoms with van der Waals surface area (Å²) in [6.45, 7) is 8.52. The average molecular weight is 376 g/mol. The summed E-state index contributed by atoms with van der Waals surface area (Å²) in [5, 5.41) is 10.8. The smallest absolute Gasteiger partial charge is 0.223 e. The maximum Gasteiger partial charge on any atom is 0.223 e. The Morgan fingerprint density at radius 2 is 1.85 bits per heavy atom. The lowest BCUT2D eigenvalue weighted by atomic mass is 9.60. The number of hydrogen-bond acceptors (Lipinski definition) is 5. The number of hydrogen-bond donors (Lipinski definition) is 1. The molecule has 2 heterocycles. The van der Waals surface area contributed by atoms with E-state index in [1.807, 2.05) is 13.8 Å². The molecule has 1 saturated carbocycles. The van der Waals surface area contributed by atoms with Crippen molar-refractivity contribution >= 4 is 5.78 Å². The van der Waals surface area contributed by atoms with Crippen molar-refractivity contribution in [1.29, 1.82) is 0 Å². The molecule has 1 spiro atoms. The van der Waals surface area contributed by atoms with Crippen molar-refractivity contribution in [2.24, 2.45) is 17.3 Å². The summed E-state index contributed by atoms with van der Waals surface area (Å²) in [5.41, 5.74) is 1.81. The number of aliphatic hydroxyl groups excluding tert-OH is 1. The molecule has 2 aliphatic carbocycles. The molecule has 0 radical (unpaired) electrons. The van der Waals surface area contributed by atoms with Crippen molar-refractivity contribution in [3.8, 4) is 0 Å². The van der Waals surface area contributed by atoms with E-state index in [4.69, 9.17) is 14.2 Å². The number of carbonyl (C=O) groups excluding carboxylic acids is 1. The van der Waals surface area contributed by atoms with Crippen LogP contribution in [0.2, 0.25) is 0 Å². The second-order valence-electron chi connectivity index (χ2n) is 9.64. The largest absolute Gasteiger partial charge is 0.504 e. The molecule has 1 saturated heterocycles. The Balaban J connectivity index is 1.89. The van der Waals surface area contributed by atoms with Gasteiger partial charge in [0.15, 0.2) is 5.76 Å². The van der Waals surface area contributed by atoms with Crippen LogP contribution in [-0.4, -0.2) is 42.6 Å². The van der Waals surface area contributed by atoms with Gasteiger partial charge in [0.2, 0.25) is 11.6 Å². The van der Waals surface area contributed by atoms with Crippen LogP contribution in [0.1, 0.15) is 59.8 Å². The van der Waals surface area contributed by atoms with Crippen LogP contribution in [0.5, 0.6) is 0 Å². The predicted octanol–water partition coefficient (Wildman–Crippen LogP) is 4.08. The van der Waals surface area contributed by atoms with Gasteiger partial charge in [0.05, 0.1) is 11.7 Å². The van der Waals surface area contributed by atoms with Gasteiger partial charge in [-0.3, -0.25) is 4.79 Å². The van der Waals surface area contributed by atoms with Crippen LogP contribution in [0, 0.1) is 17.3 Å². The van der Waals surface area contributed by atoms with Crippen LogP contribution in [0.25, 0.3) is 0 Å². The number of aliphatic hydroxyl groups is 1. The van der Waals surface area contributed by atoms with Crippen molar-refractivity contribution in [3.05, 3.63) is 22.5 Å². The monoisotopic (exact) mass is 376 g/mol. The zero-order chi connectivity index (χ0) is 19.8. The summed E-state index contributed by atoms with van der Waals surface area (Å²) >= 11 is 0. The lowest BCUT2D eigenvalue weighted by Gasteiger charge is -2.50. The maximum absolute atomic E-state index is 13.2. The van der Waals surface area contributed by atoms with Crippen molar-refractivity contribution in [3.63, 3.8) is 0 Å². The molecular formula is C22H32O5. The highest BCUT2D eigenvalue weighted by Gasteiger charge is 2.65. The van der Waals surface area contributed by atoms with Gasteiger partial charge in [0.1, 0.15) is 0 Å². The van der Waals surface area contributed by atoms with Crippen LogP contribution in [0.15, 0.2) is 22.5 Å². The van der Waals surface area contributed by atoms with Gasteiger partial charge >= 0.3 is 0 Å². The molecule has 0 unspecified atom stereocenters. The lowest BCUT2D eigenvalue weighted by Crippen LogP contribution is -2.53. The van der Waals surface area contributed by atoms with Gasteiger partial charge in [0, 0.05) is 37.4 Å². The molecule has 5 heteroatoms. The van der Waals surface area contributed by atoms with E-state index < -0.39 is 5.79 Å². The van der Waals surface area contributed by atoms with E-state index in [2.05, 4.69) is 13.8 Å². The molecule has 0 aromatic carbocycles. The fourth-order valence-corrected chi connectivity index (χ4v) is 6.50. The first-order valence-corrected chi connectivity index (χ1v) is 10.1. The molecule has 27 heavy (non-hydrogen) atoms. The third-order valence-electron chi connectivity index (χ3n) is 7.56. The zero-order valence-corrected chi connectivity index (χ0v) is 17.3. The summed E-state index contributed by atoms with van der Waals surface area (Å²) in [7, 11) is 3.16. The molecular weight excluding hydrogens is 344 g/mol. The molecule has 5 nitrogen and oxygen atoms in total. The molecule has 0 amide bonds. The molecule has 150 valence electrons. The van der Waals surface area contributed by atoms with Crippen LogP contribution in [0.3, 0.4) is 0 Å². The summed E-state index contributed by atoms with van der Waals surface area (Å²) in [5.74, 6) is -1.42. The van der Waals surface area contributed by atoms with E-state index in [9.17, 15) is 9.90 Å². The Morgan fingerprint density at radius 1 is 1.19 bits per heavy atom. The second-order valence-corrected chi connectivity index (χ2v) is 9.64. The van der Waals surface area contributed by atoms with Gasteiger partial charge in [-0.2, -0.15) is 0 Å². The van der Waals surface area contributed by atoms with E-state index in [-0.39, 0.29) is 34.6 Å². The molecule has 0 aromatic rings. The van der Waals surface area contributed by atoms with Crippen LogP contribution in [-0.2, 0) is 19.0 Å². The molecule has 0 aromatic heterocycles. The number of methoxy groups -OCH3 is 2. The molecule has 3 atom stereocenters. The van der Waals surface area contributed by atoms with Crippen LogP contribution < -0.4 is 0 Å². The van der Waals surface area contributed by atoms with Gasteiger partial charge in [-0.15, -0.1) is 0 Å². The highest BCUT2D eigenvalue weighted by molar-refractivity contribution is 6.10. The first-order chi connectivity index (χ1) is 12.6. The van der Waals surface area contributed by atoms with Gasteiger partial charge in [-0.1, -0.05) is 34.1 Å². The minimum absolute atomic E-state index is 0.0982. The molecule has 4 rings (SSSR count). The number of ether oxygens (including phenoxy) is 3. The number of carbonyl (C=O) groups is 1. The summed E-state index contributed by atoms with van der Waals surface area (Å²) in [6, 6.07) is 0. The second kappa shape index (κ2) is 5.91. The first kappa shape index (κ1) is 19.2. The van der Waals surface area contributed by atoms with Gasteiger partial charge in [-0.25, -0.2) is 0 Å². The Morgan fingerprint density at radius 3 is 2.44 bits per heavy atom. The Hall–Kier alpha value is -1.17. The standard InChI is InChI=1S/C22H32O5/c1-12(2)16-19(24)18(23)13-11-21-9-7-8-20(3,4)15(21)10-14(27-21)17(13)22(16,25-5)26-6/h12,14-15,24H,7-11H2,1-6H3/t14-,15+,21-/m1/s1. The Labute approximate surface area is 161 Å². The minimum Gasteiger partial charge on any atom is -0.504 e. The van der Waals surface area contributed by atoms with Gasteiger partial charge in [-0.05, 0) is 36.5 Å². The number of Topliss-reactive ketones (excluding diaryl/α,β-unsaturated/α-hetero) is 1. The predicted molar refractivity (Wildman–Crippen MR) is 101 cm³/mol. The van der Waals surface area contributed by atoms with Gasteiger partial charge < -0.3 is 19.3 Å². The average Bonchev–Trinajstić information content (AvgIpc) is 2.92. The van der Waals surface area contributed by atoms with E-state index in [0.717, 1.165) is 24.8 Å². The highest BCUT2D eigenvalue weighted by atomic mass is 16.7. The van der Waals surface area contributed by atoms with Crippen LogP contribution >= 0.6 is 0 Å². The number of allylic oxidation sites excluding steroid dienone is 1. The Kier molecular flexibility index (Phi) is 4.20. The highest BCUT2D eigenvalue weighted by Crippen LogP contribution is 2.63. The van der Waals surface area contributed by atoms with Crippen molar-refractivity contribution in [1.82, 2.24) is 0 Å². The van der Waals surface area contributed by atoms with E-state index in [0.29, 0.717) is 23.5 Å². The molecule has 2 fully saturated rings.